The van der Waals surface area contributed by atoms with Gasteiger partial charge in [0.05, 0.1) is 12.7 Å². The Morgan fingerprint density at radius 3 is 3.06 bits per heavy atom. The molecule has 0 aliphatic rings. The van der Waals surface area contributed by atoms with E-state index in [9.17, 15) is 9.90 Å². The number of carbonyl (C=O) groups is 1. The molecule has 0 aliphatic heterocycles. The van der Waals surface area contributed by atoms with Crippen molar-refractivity contribution >= 4 is 5.91 Å². The van der Waals surface area contributed by atoms with Crippen LogP contribution in [0.2, 0.25) is 0 Å². The fraction of sp³-hybridized carbons (Fsp3) is 0.500. The van der Waals surface area contributed by atoms with Crippen LogP contribution >= 0.6 is 0 Å². The van der Waals surface area contributed by atoms with Crippen molar-refractivity contribution in [2.24, 2.45) is 0 Å². The first-order valence-electron chi connectivity index (χ1n) is 5.57. The Morgan fingerprint density at radius 1 is 1.65 bits per heavy atom. The molecule has 1 aromatic heterocycles. The molecule has 0 aliphatic carbocycles. The van der Waals surface area contributed by atoms with Gasteiger partial charge in [-0.2, -0.15) is 0 Å². The first kappa shape index (κ1) is 13.6. The van der Waals surface area contributed by atoms with Crippen LogP contribution in [0.4, 0.5) is 0 Å². The van der Waals surface area contributed by atoms with Crippen molar-refractivity contribution in [2.75, 3.05) is 20.3 Å². The molecule has 0 saturated heterocycles. The number of carbonyl (C=O) groups excluding carboxylic acids is 1. The predicted octanol–water partition coefficient (Wildman–Crippen LogP) is 0.381. The van der Waals surface area contributed by atoms with Gasteiger partial charge in [-0.05, 0) is 18.1 Å². The van der Waals surface area contributed by atoms with Crippen LogP contribution in [-0.2, 0) is 11.2 Å². The molecular weight excluding hydrogens is 220 g/mol. The molecule has 1 rings (SSSR count). The van der Waals surface area contributed by atoms with Crippen LogP contribution in [0.25, 0.3) is 0 Å². The summed E-state index contributed by atoms with van der Waals surface area (Å²) in [7, 11) is 1.50. The van der Waals surface area contributed by atoms with E-state index in [1.54, 1.807) is 18.5 Å². The number of hydrogen-bond donors (Lipinski definition) is 2. The average molecular weight is 238 g/mol. The highest BCUT2D eigenvalue weighted by Gasteiger charge is 2.11. The fourth-order valence-electron chi connectivity index (χ4n) is 1.49. The molecule has 1 aromatic rings. The standard InChI is InChI=1S/C12H18N2O3/c1-3-9-6-13-5-4-11(9)12(16)14-7-10(15)8-17-2/h4-6,10,15H,3,7-8H2,1-2H3,(H,14,16). The molecule has 2 N–H and O–H groups in total. The van der Waals surface area contributed by atoms with Crippen molar-refractivity contribution in [3.8, 4) is 0 Å². The number of pyridine rings is 1. The molecule has 1 atom stereocenters. The molecule has 5 nitrogen and oxygen atoms in total. The number of ether oxygens (including phenoxy) is 1. The third-order valence-corrected chi connectivity index (χ3v) is 2.39. The normalized spacial score (nSPS) is 12.2. The van der Waals surface area contributed by atoms with E-state index in [1.807, 2.05) is 6.92 Å². The predicted molar refractivity (Wildman–Crippen MR) is 63.8 cm³/mol. The lowest BCUT2D eigenvalue weighted by Crippen LogP contribution is -2.34. The molecule has 1 amide bonds. The Balaban J connectivity index is 2.58. The largest absolute Gasteiger partial charge is 0.389 e. The van der Waals surface area contributed by atoms with Gasteiger partial charge in [0.2, 0.25) is 0 Å². The minimum atomic E-state index is -0.684. The van der Waals surface area contributed by atoms with Gasteiger partial charge in [0.25, 0.3) is 5.91 Å². The topological polar surface area (TPSA) is 71.5 Å². The van der Waals surface area contributed by atoms with Crippen LogP contribution in [0.3, 0.4) is 0 Å². The third kappa shape index (κ3) is 4.13. The number of aryl methyl sites for hydroxylation is 1. The van der Waals surface area contributed by atoms with Gasteiger partial charge in [-0.3, -0.25) is 9.78 Å². The van der Waals surface area contributed by atoms with Crippen molar-refractivity contribution in [3.63, 3.8) is 0 Å². The van der Waals surface area contributed by atoms with Crippen LogP contribution in [0.1, 0.15) is 22.8 Å². The number of nitrogens with zero attached hydrogens (tertiary/aromatic N) is 1. The minimum absolute atomic E-state index is 0.179. The first-order valence-corrected chi connectivity index (χ1v) is 5.57. The van der Waals surface area contributed by atoms with Crippen molar-refractivity contribution in [2.45, 2.75) is 19.4 Å². The summed E-state index contributed by atoms with van der Waals surface area (Å²) < 4.78 is 4.78. The van der Waals surface area contributed by atoms with Crippen LogP contribution in [0, 0.1) is 0 Å². The highest BCUT2D eigenvalue weighted by molar-refractivity contribution is 5.95. The Kier molecular flexibility index (Phi) is 5.59. The Hall–Kier alpha value is -1.46. The molecule has 0 radical (unpaired) electrons. The van der Waals surface area contributed by atoms with E-state index >= 15 is 0 Å². The lowest BCUT2D eigenvalue weighted by atomic mass is 10.1. The maximum atomic E-state index is 11.8. The van der Waals surface area contributed by atoms with Crippen molar-refractivity contribution in [3.05, 3.63) is 29.6 Å². The molecule has 94 valence electrons. The van der Waals surface area contributed by atoms with Gasteiger partial charge >= 0.3 is 0 Å². The number of aliphatic hydroxyl groups excluding tert-OH is 1. The van der Waals surface area contributed by atoms with E-state index in [-0.39, 0.29) is 19.1 Å². The van der Waals surface area contributed by atoms with Gasteiger partial charge in [-0.1, -0.05) is 6.92 Å². The zero-order valence-electron chi connectivity index (χ0n) is 10.1. The smallest absolute Gasteiger partial charge is 0.251 e. The fourth-order valence-corrected chi connectivity index (χ4v) is 1.49. The number of aliphatic hydroxyl groups is 1. The molecule has 0 aromatic carbocycles. The van der Waals surface area contributed by atoms with Crippen LogP contribution in [-0.4, -0.2) is 42.4 Å². The number of methoxy groups -OCH3 is 1. The second-order valence-corrected chi connectivity index (χ2v) is 3.71. The maximum absolute atomic E-state index is 11.8. The molecule has 1 unspecified atom stereocenters. The number of aromatic nitrogens is 1. The second-order valence-electron chi connectivity index (χ2n) is 3.71. The second kappa shape index (κ2) is 6.98. The number of rotatable bonds is 6. The summed E-state index contributed by atoms with van der Waals surface area (Å²) in [6.07, 6.45) is 3.33. The average Bonchev–Trinajstić information content (AvgIpc) is 2.36. The summed E-state index contributed by atoms with van der Waals surface area (Å²) in [5.74, 6) is -0.195. The molecule has 0 spiro atoms. The SMILES string of the molecule is CCc1cnccc1C(=O)NCC(O)COC. The highest BCUT2D eigenvalue weighted by atomic mass is 16.5. The molecule has 0 bridgehead atoms. The summed E-state index contributed by atoms with van der Waals surface area (Å²) in [5.41, 5.74) is 1.50. The van der Waals surface area contributed by atoms with Crippen LogP contribution in [0.5, 0.6) is 0 Å². The molecule has 0 fully saturated rings. The van der Waals surface area contributed by atoms with E-state index in [2.05, 4.69) is 10.3 Å². The highest BCUT2D eigenvalue weighted by Crippen LogP contribution is 2.07. The number of nitrogens with one attached hydrogen (secondary N) is 1. The molecule has 1 heterocycles. The van der Waals surface area contributed by atoms with E-state index in [0.717, 1.165) is 12.0 Å². The van der Waals surface area contributed by atoms with Gasteiger partial charge in [0.15, 0.2) is 0 Å². The number of hydrogen-bond acceptors (Lipinski definition) is 4. The molecule has 5 heteroatoms. The monoisotopic (exact) mass is 238 g/mol. The van der Waals surface area contributed by atoms with Gasteiger partial charge in [-0.25, -0.2) is 0 Å². The summed E-state index contributed by atoms with van der Waals surface area (Å²) in [4.78, 5) is 15.8. The summed E-state index contributed by atoms with van der Waals surface area (Å²) in [6.45, 7) is 2.35. The van der Waals surface area contributed by atoms with E-state index in [4.69, 9.17) is 4.74 Å². The van der Waals surface area contributed by atoms with Gasteiger partial charge in [0, 0.05) is 31.6 Å². The van der Waals surface area contributed by atoms with Crippen molar-refractivity contribution < 1.29 is 14.6 Å². The van der Waals surface area contributed by atoms with Gasteiger partial charge in [-0.15, -0.1) is 0 Å². The lowest BCUT2D eigenvalue weighted by Gasteiger charge is -2.12. The van der Waals surface area contributed by atoms with Crippen molar-refractivity contribution in [1.29, 1.82) is 0 Å². The van der Waals surface area contributed by atoms with Crippen LogP contribution < -0.4 is 5.32 Å². The quantitative estimate of drug-likeness (QED) is 0.751. The minimum Gasteiger partial charge on any atom is -0.389 e. The summed E-state index contributed by atoms with van der Waals surface area (Å²) in [5, 5.41) is 12.1. The molecule has 17 heavy (non-hydrogen) atoms. The van der Waals surface area contributed by atoms with Crippen molar-refractivity contribution in [1.82, 2.24) is 10.3 Å². The van der Waals surface area contributed by atoms with Gasteiger partial charge in [0.1, 0.15) is 0 Å². The first-order chi connectivity index (χ1) is 8.19. The zero-order chi connectivity index (χ0) is 12.7. The summed E-state index contributed by atoms with van der Waals surface area (Å²) in [6, 6.07) is 1.68. The van der Waals surface area contributed by atoms with Crippen LogP contribution in [0.15, 0.2) is 18.5 Å². The Morgan fingerprint density at radius 2 is 2.41 bits per heavy atom. The summed E-state index contributed by atoms with van der Waals surface area (Å²) >= 11 is 0. The Bertz CT molecular complexity index is 369. The third-order valence-electron chi connectivity index (χ3n) is 2.39. The molecular formula is C12H18N2O3. The maximum Gasteiger partial charge on any atom is 0.251 e. The lowest BCUT2D eigenvalue weighted by molar-refractivity contribution is 0.0609. The van der Waals surface area contributed by atoms with E-state index in [0.29, 0.717) is 5.56 Å². The Labute approximate surface area is 101 Å². The zero-order valence-corrected chi connectivity index (χ0v) is 10.1. The van der Waals surface area contributed by atoms with E-state index < -0.39 is 6.10 Å². The van der Waals surface area contributed by atoms with Gasteiger partial charge < -0.3 is 15.2 Å². The number of amides is 1. The molecule has 0 saturated carbocycles. The van der Waals surface area contributed by atoms with E-state index in [1.165, 1.54) is 7.11 Å².